The molecule has 34 heavy (non-hydrogen) atoms. The van der Waals surface area contributed by atoms with Gasteiger partial charge in [0.15, 0.2) is 0 Å². The van der Waals surface area contributed by atoms with Crippen molar-refractivity contribution >= 4 is 45.5 Å². The van der Waals surface area contributed by atoms with E-state index >= 15 is 0 Å². The molecular weight excluding hydrogens is 429 g/mol. The quantitative estimate of drug-likeness (QED) is 0.204. The highest BCUT2D eigenvalue weighted by Crippen LogP contribution is 2.32. The number of rotatable bonds is 3. The minimum atomic E-state index is -0.446. The van der Waals surface area contributed by atoms with Gasteiger partial charge in [-0.05, 0) is 53.8 Å². The Hall–Kier alpha value is -3.80. The minimum absolute atomic E-state index is 0.446. The normalized spacial score (nSPS) is 10.8. The maximum Gasteiger partial charge on any atom is 0.0780 e. The molecule has 0 atom stereocenters. The average Bonchev–Trinajstić information content (AvgIpc) is 2.91. The van der Waals surface area contributed by atoms with E-state index in [1.807, 2.05) is 12.3 Å². The van der Waals surface area contributed by atoms with Crippen molar-refractivity contribution in [3.63, 3.8) is 0 Å². The molecule has 0 bridgehead atoms. The van der Waals surface area contributed by atoms with Crippen LogP contribution in [0.3, 0.4) is 0 Å². The van der Waals surface area contributed by atoms with Crippen LogP contribution >= 0.6 is 7.92 Å². The fraction of sp³-hybridized carbons (Fsp3) is 0.0312. The van der Waals surface area contributed by atoms with Crippen LogP contribution in [0.4, 0.5) is 0 Å². The van der Waals surface area contributed by atoms with Crippen LogP contribution in [0, 0.1) is 6.92 Å². The summed E-state index contributed by atoms with van der Waals surface area (Å²) in [5.74, 6) is 0. The summed E-state index contributed by atoms with van der Waals surface area (Å²) < 4.78 is 0. The summed E-state index contributed by atoms with van der Waals surface area (Å²) in [7, 11) is -0.446. The number of aromatic nitrogens is 1. The van der Waals surface area contributed by atoms with Crippen molar-refractivity contribution in [3.8, 4) is 0 Å². The first-order valence-electron chi connectivity index (χ1n) is 11.5. The first-order valence-corrected chi connectivity index (χ1v) is 12.8. The second-order valence-electron chi connectivity index (χ2n) is 8.16. The highest BCUT2D eigenvalue weighted by atomic mass is 31.1. The van der Waals surface area contributed by atoms with E-state index in [4.69, 9.17) is 0 Å². The van der Waals surface area contributed by atoms with Gasteiger partial charge in [-0.3, -0.25) is 4.98 Å². The Balaban J connectivity index is 0.000000145. The molecule has 0 aliphatic rings. The fourth-order valence-electron chi connectivity index (χ4n) is 4.28. The van der Waals surface area contributed by atoms with Gasteiger partial charge in [-0.15, -0.1) is 0 Å². The van der Waals surface area contributed by atoms with E-state index in [1.54, 1.807) is 0 Å². The van der Waals surface area contributed by atoms with Crippen molar-refractivity contribution in [2.75, 3.05) is 0 Å². The largest absolute Gasteiger partial charge is 0.256 e. The topological polar surface area (TPSA) is 12.9 Å². The number of hydrogen-bond acceptors (Lipinski definition) is 1. The van der Waals surface area contributed by atoms with Crippen LogP contribution in [0.5, 0.6) is 0 Å². The molecule has 1 nitrogen and oxygen atoms in total. The monoisotopic (exact) mass is 455 g/mol. The molecule has 1 aromatic heterocycles. The molecule has 1 heterocycles. The molecular formula is C32H26NP. The average molecular weight is 456 g/mol. The van der Waals surface area contributed by atoms with Gasteiger partial charge in [0.05, 0.1) is 5.52 Å². The second-order valence-corrected chi connectivity index (χ2v) is 10.4. The lowest BCUT2D eigenvalue weighted by Crippen LogP contribution is -2.20. The molecule has 0 N–H and O–H groups in total. The SMILES string of the molecule is Cc1cc2cccnc2c2ccccc12.c1ccc(P(c2ccccc2)c2ccccc2)cc1. The van der Waals surface area contributed by atoms with E-state index in [9.17, 15) is 0 Å². The van der Waals surface area contributed by atoms with Crippen LogP contribution in [0.15, 0.2) is 140 Å². The minimum Gasteiger partial charge on any atom is -0.256 e. The molecule has 0 aliphatic heterocycles. The van der Waals surface area contributed by atoms with Crippen LogP contribution in [0.1, 0.15) is 5.56 Å². The number of pyridine rings is 1. The van der Waals surface area contributed by atoms with E-state index in [0.717, 1.165) is 5.52 Å². The van der Waals surface area contributed by atoms with Crippen molar-refractivity contribution in [1.82, 2.24) is 4.98 Å². The highest BCUT2D eigenvalue weighted by molar-refractivity contribution is 7.79. The zero-order valence-electron chi connectivity index (χ0n) is 19.2. The molecule has 0 radical (unpaired) electrons. The summed E-state index contributed by atoms with van der Waals surface area (Å²) >= 11 is 0. The van der Waals surface area contributed by atoms with Crippen molar-refractivity contribution in [3.05, 3.63) is 145 Å². The molecule has 0 amide bonds. The molecule has 0 unspecified atom stereocenters. The Morgan fingerprint density at radius 1 is 0.500 bits per heavy atom. The smallest absolute Gasteiger partial charge is 0.0780 e. The van der Waals surface area contributed by atoms with Gasteiger partial charge in [-0.2, -0.15) is 0 Å². The lowest BCUT2D eigenvalue weighted by Gasteiger charge is -2.18. The third kappa shape index (κ3) is 4.76. The highest BCUT2D eigenvalue weighted by Gasteiger charge is 2.15. The number of benzene rings is 5. The standard InChI is InChI=1S/C18H15P.C14H11N/c1-4-10-16(11-5-1)19(17-12-6-2-7-13-17)18-14-8-3-9-15-18;1-10-9-11-5-4-8-15-14(11)13-7-3-2-6-12(10)13/h1-15H;2-9H,1H3. The molecule has 0 spiro atoms. The molecule has 0 fully saturated rings. The van der Waals surface area contributed by atoms with E-state index < -0.39 is 7.92 Å². The van der Waals surface area contributed by atoms with Crippen LogP contribution in [-0.2, 0) is 0 Å². The van der Waals surface area contributed by atoms with E-state index in [2.05, 4.69) is 139 Å². The Labute approximate surface area is 202 Å². The van der Waals surface area contributed by atoms with Gasteiger partial charge in [-0.1, -0.05) is 121 Å². The third-order valence-corrected chi connectivity index (χ3v) is 8.30. The van der Waals surface area contributed by atoms with Gasteiger partial charge in [0.25, 0.3) is 0 Å². The van der Waals surface area contributed by atoms with Crippen molar-refractivity contribution in [2.45, 2.75) is 6.92 Å². The molecule has 6 rings (SSSR count). The Kier molecular flexibility index (Phi) is 6.75. The van der Waals surface area contributed by atoms with Gasteiger partial charge >= 0.3 is 0 Å². The summed E-state index contributed by atoms with van der Waals surface area (Å²) in [6.07, 6.45) is 1.85. The molecule has 5 aromatic carbocycles. The van der Waals surface area contributed by atoms with Gasteiger partial charge in [0.1, 0.15) is 0 Å². The Morgan fingerprint density at radius 3 is 1.50 bits per heavy atom. The second kappa shape index (κ2) is 10.4. The van der Waals surface area contributed by atoms with Gasteiger partial charge in [0, 0.05) is 17.0 Å². The lowest BCUT2D eigenvalue weighted by atomic mass is 10.0. The number of hydrogen-bond donors (Lipinski definition) is 0. The fourth-order valence-corrected chi connectivity index (χ4v) is 6.59. The van der Waals surface area contributed by atoms with Gasteiger partial charge in [-0.25, -0.2) is 0 Å². The van der Waals surface area contributed by atoms with Gasteiger partial charge < -0.3 is 0 Å². The first kappa shape index (κ1) is 22.0. The van der Waals surface area contributed by atoms with Crippen LogP contribution < -0.4 is 15.9 Å². The predicted octanol–water partition coefficient (Wildman–Crippen LogP) is 7.14. The summed E-state index contributed by atoms with van der Waals surface area (Å²) in [6, 6.07) is 47.0. The predicted molar refractivity (Wildman–Crippen MR) is 149 cm³/mol. The lowest BCUT2D eigenvalue weighted by molar-refractivity contribution is 1.42. The van der Waals surface area contributed by atoms with E-state index in [1.165, 1.54) is 37.6 Å². The van der Waals surface area contributed by atoms with Crippen LogP contribution in [0.2, 0.25) is 0 Å². The number of nitrogens with zero attached hydrogens (tertiary/aromatic N) is 1. The first-order chi connectivity index (χ1) is 16.8. The molecule has 0 aliphatic carbocycles. The van der Waals surface area contributed by atoms with Gasteiger partial charge in [0.2, 0.25) is 0 Å². The zero-order valence-corrected chi connectivity index (χ0v) is 20.1. The molecule has 6 aromatic rings. The summed E-state index contributed by atoms with van der Waals surface area (Å²) in [6.45, 7) is 2.15. The van der Waals surface area contributed by atoms with Crippen molar-refractivity contribution < 1.29 is 0 Å². The molecule has 0 saturated carbocycles. The molecule has 2 heteroatoms. The number of fused-ring (bicyclic) bond motifs is 3. The van der Waals surface area contributed by atoms with Crippen LogP contribution in [0.25, 0.3) is 21.7 Å². The van der Waals surface area contributed by atoms with Crippen molar-refractivity contribution in [2.24, 2.45) is 0 Å². The summed E-state index contributed by atoms with van der Waals surface area (Å²) in [5.41, 5.74) is 2.41. The molecule has 164 valence electrons. The summed E-state index contributed by atoms with van der Waals surface area (Å²) in [5, 5.41) is 7.95. The van der Waals surface area contributed by atoms with Crippen LogP contribution in [-0.4, -0.2) is 4.98 Å². The Bertz CT molecular complexity index is 1400. The van der Waals surface area contributed by atoms with E-state index in [0.29, 0.717) is 0 Å². The van der Waals surface area contributed by atoms with E-state index in [-0.39, 0.29) is 0 Å². The molecule has 0 saturated heterocycles. The number of aryl methyl sites for hydroxylation is 1. The van der Waals surface area contributed by atoms with Crippen molar-refractivity contribution in [1.29, 1.82) is 0 Å². The maximum atomic E-state index is 4.45. The Morgan fingerprint density at radius 2 is 0.971 bits per heavy atom. The summed E-state index contributed by atoms with van der Waals surface area (Å²) in [4.78, 5) is 4.45. The maximum absolute atomic E-state index is 4.45. The third-order valence-electron chi connectivity index (χ3n) is 5.86. The zero-order chi connectivity index (χ0) is 23.2.